The lowest BCUT2D eigenvalue weighted by molar-refractivity contribution is -0.147. The summed E-state index contributed by atoms with van der Waals surface area (Å²) < 4.78 is 37.5. The maximum atomic E-state index is 13.2. The van der Waals surface area contributed by atoms with Crippen LogP contribution in [0.5, 0.6) is 0 Å². The van der Waals surface area contributed by atoms with Crippen LogP contribution in [0.3, 0.4) is 0 Å². The lowest BCUT2D eigenvalue weighted by Crippen LogP contribution is -2.62. The minimum atomic E-state index is -3.35. The number of carbonyl (C=O) groups excluding carboxylic acids is 2. The molecule has 1 aliphatic heterocycles. The summed E-state index contributed by atoms with van der Waals surface area (Å²) in [5, 5.41) is 3.14. The number of rotatable bonds is 5. The molecule has 8 nitrogen and oxygen atoms in total. The Bertz CT molecular complexity index is 882. The molecule has 0 spiro atoms. The third-order valence-electron chi connectivity index (χ3n) is 7.75. The normalized spacial score (nSPS) is 37.1. The van der Waals surface area contributed by atoms with Gasteiger partial charge in [-0.25, -0.2) is 4.39 Å². The van der Waals surface area contributed by atoms with Gasteiger partial charge in [-0.3, -0.25) is 23.0 Å². The first-order chi connectivity index (χ1) is 14.7. The van der Waals surface area contributed by atoms with Gasteiger partial charge in [-0.15, -0.1) is 0 Å². The predicted molar refractivity (Wildman–Crippen MR) is 115 cm³/mol. The number of hydrogen-bond acceptors (Lipinski definition) is 6. The van der Waals surface area contributed by atoms with Crippen LogP contribution < -0.4 is 15.4 Å². The number of benzene rings is 1. The van der Waals surface area contributed by atoms with E-state index < -0.39 is 22.2 Å². The van der Waals surface area contributed by atoms with E-state index in [0.29, 0.717) is 24.7 Å². The molecule has 170 valence electrons. The van der Waals surface area contributed by atoms with E-state index in [1.807, 2.05) is 0 Å². The summed E-state index contributed by atoms with van der Waals surface area (Å²) in [4.78, 5) is 25.0. The Balaban J connectivity index is 1.23. The quantitative estimate of drug-likeness (QED) is 0.544. The van der Waals surface area contributed by atoms with E-state index in [1.54, 1.807) is 0 Å². The van der Waals surface area contributed by atoms with Crippen LogP contribution in [0.25, 0.3) is 0 Å². The SMILES string of the molecule is NC(=O)C12CC3CC(C1)C(NC(=O)CN1CCN(c4ccc(F)cc4)S1(O)O)C(C3)C2. The summed E-state index contributed by atoms with van der Waals surface area (Å²) in [5.74, 6) is 0.155. The molecule has 1 heterocycles. The smallest absolute Gasteiger partial charge is 0.236 e. The van der Waals surface area contributed by atoms with Crippen molar-refractivity contribution < 1.29 is 23.1 Å². The summed E-state index contributed by atoms with van der Waals surface area (Å²) in [6.07, 6.45) is 4.36. The van der Waals surface area contributed by atoms with E-state index in [4.69, 9.17) is 5.73 Å². The molecule has 4 bridgehead atoms. The standard InChI is InChI=1S/C21H29FN4O4S/c22-16-1-3-17(4-2-16)26-6-5-25(31(26,29)30)12-18(27)24-19-14-7-13-8-15(19)11-21(9-13,10-14)20(23)28/h1-4,13-15,19,29-30H,5-12H2,(H2,23,28)(H,24,27). The lowest BCUT2D eigenvalue weighted by Gasteiger charge is -2.58. The molecule has 1 aromatic rings. The average molecular weight is 453 g/mol. The zero-order chi connectivity index (χ0) is 22.0. The monoisotopic (exact) mass is 452 g/mol. The predicted octanol–water partition coefficient (Wildman–Crippen LogP) is 2.32. The second-order valence-electron chi connectivity index (χ2n) is 9.64. The second kappa shape index (κ2) is 7.33. The van der Waals surface area contributed by atoms with Crippen molar-refractivity contribution >= 4 is 28.5 Å². The van der Waals surface area contributed by atoms with Gasteiger partial charge in [-0.2, -0.15) is 4.31 Å². The fraction of sp³-hybridized carbons (Fsp3) is 0.619. The zero-order valence-corrected chi connectivity index (χ0v) is 18.1. The Labute approximate surface area is 182 Å². The molecule has 5 aliphatic rings. The maximum Gasteiger partial charge on any atom is 0.236 e. The Morgan fingerprint density at radius 3 is 2.39 bits per heavy atom. The molecule has 0 radical (unpaired) electrons. The van der Waals surface area contributed by atoms with Crippen molar-refractivity contribution in [3.8, 4) is 0 Å². The van der Waals surface area contributed by atoms with E-state index in [0.717, 1.165) is 32.1 Å². The highest BCUT2D eigenvalue weighted by Gasteiger charge is 2.58. The van der Waals surface area contributed by atoms with Crippen LogP contribution in [0.15, 0.2) is 24.3 Å². The third kappa shape index (κ3) is 3.49. The Morgan fingerprint density at radius 2 is 1.77 bits per heavy atom. The Kier molecular flexibility index (Phi) is 4.96. The number of nitrogens with two attached hydrogens (primary N) is 1. The largest absolute Gasteiger partial charge is 0.369 e. The maximum absolute atomic E-state index is 13.2. The zero-order valence-electron chi connectivity index (χ0n) is 17.2. The van der Waals surface area contributed by atoms with E-state index in [-0.39, 0.29) is 36.2 Å². The molecule has 2 atom stereocenters. The van der Waals surface area contributed by atoms with E-state index >= 15 is 0 Å². The topological polar surface area (TPSA) is 119 Å². The molecule has 31 heavy (non-hydrogen) atoms. The molecule has 0 aromatic heterocycles. The highest BCUT2D eigenvalue weighted by atomic mass is 32.3. The minimum absolute atomic E-state index is 0.00844. The first-order valence-corrected chi connectivity index (χ1v) is 12.3. The number of amides is 2. The van der Waals surface area contributed by atoms with Crippen LogP contribution in [-0.2, 0) is 9.59 Å². The number of carbonyl (C=O) groups is 2. The molecular weight excluding hydrogens is 423 g/mol. The Hall–Kier alpha value is -1.88. The average Bonchev–Trinajstić information content (AvgIpc) is 2.99. The van der Waals surface area contributed by atoms with E-state index in [2.05, 4.69) is 5.32 Å². The molecule has 4 aliphatic carbocycles. The van der Waals surface area contributed by atoms with Gasteiger partial charge in [0, 0.05) is 18.0 Å². The van der Waals surface area contributed by atoms with Crippen molar-refractivity contribution in [3.05, 3.63) is 30.1 Å². The van der Waals surface area contributed by atoms with E-state index in [1.165, 1.54) is 32.9 Å². The molecule has 1 saturated heterocycles. The van der Waals surface area contributed by atoms with Crippen LogP contribution in [0, 0.1) is 29.0 Å². The number of primary amides is 1. The van der Waals surface area contributed by atoms with Gasteiger partial charge in [0.2, 0.25) is 11.8 Å². The van der Waals surface area contributed by atoms with Gasteiger partial charge in [0.15, 0.2) is 0 Å². The number of nitrogens with one attached hydrogen (secondary N) is 1. The molecular formula is C21H29FN4O4S. The van der Waals surface area contributed by atoms with Gasteiger partial charge in [0.25, 0.3) is 0 Å². The van der Waals surface area contributed by atoms with Crippen LogP contribution >= 0.6 is 11.0 Å². The number of halogens is 1. The van der Waals surface area contributed by atoms with Gasteiger partial charge < -0.3 is 11.1 Å². The summed E-state index contributed by atoms with van der Waals surface area (Å²) >= 11 is 0. The van der Waals surface area contributed by atoms with Gasteiger partial charge in [-0.1, -0.05) is 0 Å². The second-order valence-corrected chi connectivity index (χ2v) is 11.6. The molecule has 2 amide bonds. The van der Waals surface area contributed by atoms with Crippen molar-refractivity contribution in [1.29, 1.82) is 0 Å². The van der Waals surface area contributed by atoms with Gasteiger partial charge in [0.05, 0.1) is 18.8 Å². The number of hydrogen-bond donors (Lipinski definition) is 4. The van der Waals surface area contributed by atoms with Crippen LogP contribution in [0.1, 0.15) is 32.1 Å². The molecule has 5 N–H and O–H groups in total. The fourth-order valence-electron chi connectivity index (χ4n) is 6.58. The Morgan fingerprint density at radius 1 is 1.13 bits per heavy atom. The van der Waals surface area contributed by atoms with Crippen LogP contribution in [0.2, 0.25) is 0 Å². The third-order valence-corrected chi connectivity index (χ3v) is 9.74. The number of anilines is 1. The molecule has 10 heteroatoms. The van der Waals surface area contributed by atoms with E-state index in [9.17, 15) is 23.1 Å². The lowest BCUT2D eigenvalue weighted by atomic mass is 9.47. The van der Waals surface area contributed by atoms with Crippen molar-refractivity contribution in [2.75, 3.05) is 23.9 Å². The highest BCUT2D eigenvalue weighted by molar-refractivity contribution is 8.23. The number of nitrogens with zero attached hydrogens (tertiary/aromatic N) is 2. The van der Waals surface area contributed by atoms with Crippen LogP contribution in [0.4, 0.5) is 10.1 Å². The summed E-state index contributed by atoms with van der Waals surface area (Å²) in [6, 6.07) is 5.54. The summed E-state index contributed by atoms with van der Waals surface area (Å²) in [6.45, 7) is 0.524. The first kappa shape index (κ1) is 21.0. The van der Waals surface area contributed by atoms with Crippen molar-refractivity contribution in [1.82, 2.24) is 9.62 Å². The first-order valence-electron chi connectivity index (χ1n) is 10.8. The van der Waals surface area contributed by atoms with Gasteiger partial charge in [-0.05, 0) is 85.1 Å². The van der Waals surface area contributed by atoms with Gasteiger partial charge >= 0.3 is 0 Å². The van der Waals surface area contributed by atoms with Crippen molar-refractivity contribution in [2.24, 2.45) is 28.9 Å². The van der Waals surface area contributed by atoms with Crippen molar-refractivity contribution in [2.45, 2.75) is 38.1 Å². The summed E-state index contributed by atoms with van der Waals surface area (Å²) in [7, 11) is -3.35. The molecule has 6 rings (SSSR count). The van der Waals surface area contributed by atoms with Gasteiger partial charge in [0.1, 0.15) is 5.82 Å². The highest BCUT2D eigenvalue weighted by Crippen LogP contribution is 2.60. The van der Waals surface area contributed by atoms with Crippen molar-refractivity contribution in [3.63, 3.8) is 0 Å². The fourth-order valence-corrected chi connectivity index (χ4v) is 8.21. The molecule has 2 unspecified atom stereocenters. The summed E-state index contributed by atoms with van der Waals surface area (Å²) in [5.41, 5.74) is 5.83. The molecule has 4 saturated carbocycles. The minimum Gasteiger partial charge on any atom is -0.369 e. The van der Waals surface area contributed by atoms with Crippen LogP contribution in [-0.4, -0.2) is 50.9 Å². The molecule has 1 aromatic carbocycles. The molecule has 5 fully saturated rings.